The van der Waals surface area contributed by atoms with Crippen LogP contribution in [-0.2, 0) is 4.79 Å². The van der Waals surface area contributed by atoms with E-state index < -0.39 is 6.04 Å². The van der Waals surface area contributed by atoms with Crippen molar-refractivity contribution in [3.8, 4) is 17.6 Å². The van der Waals surface area contributed by atoms with E-state index in [2.05, 4.69) is 6.07 Å². The van der Waals surface area contributed by atoms with E-state index in [4.69, 9.17) is 9.47 Å². The van der Waals surface area contributed by atoms with E-state index >= 15 is 0 Å². The lowest BCUT2D eigenvalue weighted by atomic mass is 10.1. The predicted molar refractivity (Wildman–Crippen MR) is 71.0 cm³/mol. The fraction of sp³-hybridized carbons (Fsp3) is 0.429. The van der Waals surface area contributed by atoms with Crippen molar-refractivity contribution >= 4 is 5.91 Å². The standard InChI is InChI=1S/C14H18N2O3/c1-5-14(17)16(2)11(9-15)10-6-7-12(18-3)13(8-10)19-4/h6-8,11H,5H2,1-4H3. The molecule has 1 amide bonds. The van der Waals surface area contributed by atoms with Crippen LogP contribution in [-0.4, -0.2) is 32.1 Å². The van der Waals surface area contributed by atoms with Crippen LogP contribution in [0.3, 0.4) is 0 Å². The van der Waals surface area contributed by atoms with Gasteiger partial charge in [0.05, 0.1) is 20.3 Å². The molecular weight excluding hydrogens is 244 g/mol. The summed E-state index contributed by atoms with van der Waals surface area (Å²) in [4.78, 5) is 13.1. The summed E-state index contributed by atoms with van der Waals surface area (Å²) < 4.78 is 10.3. The molecule has 1 aromatic carbocycles. The van der Waals surface area contributed by atoms with Crippen LogP contribution in [0.1, 0.15) is 24.9 Å². The highest BCUT2D eigenvalue weighted by Crippen LogP contribution is 2.31. The molecule has 1 aromatic rings. The number of hydrogen-bond donors (Lipinski definition) is 0. The minimum Gasteiger partial charge on any atom is -0.493 e. The van der Waals surface area contributed by atoms with Crippen molar-refractivity contribution < 1.29 is 14.3 Å². The Hall–Kier alpha value is -2.22. The second kappa shape index (κ2) is 6.64. The van der Waals surface area contributed by atoms with Crippen molar-refractivity contribution in [2.75, 3.05) is 21.3 Å². The monoisotopic (exact) mass is 262 g/mol. The molecule has 1 unspecified atom stereocenters. The Balaban J connectivity index is 3.13. The van der Waals surface area contributed by atoms with Crippen LogP contribution in [0.25, 0.3) is 0 Å². The SMILES string of the molecule is CCC(=O)N(C)C(C#N)c1ccc(OC)c(OC)c1. The van der Waals surface area contributed by atoms with Crippen molar-refractivity contribution in [1.29, 1.82) is 5.26 Å². The predicted octanol–water partition coefficient (Wildman–Crippen LogP) is 2.14. The summed E-state index contributed by atoms with van der Waals surface area (Å²) in [5.41, 5.74) is 0.699. The highest BCUT2D eigenvalue weighted by atomic mass is 16.5. The molecule has 0 aliphatic carbocycles. The molecule has 0 saturated heterocycles. The minimum absolute atomic E-state index is 0.0821. The first-order valence-corrected chi connectivity index (χ1v) is 5.96. The van der Waals surface area contributed by atoms with Gasteiger partial charge in [-0.2, -0.15) is 5.26 Å². The number of rotatable bonds is 5. The Morgan fingerprint density at radius 3 is 2.47 bits per heavy atom. The normalized spacial score (nSPS) is 11.3. The van der Waals surface area contributed by atoms with E-state index in [0.29, 0.717) is 23.5 Å². The zero-order chi connectivity index (χ0) is 14.4. The summed E-state index contributed by atoms with van der Waals surface area (Å²) in [6.07, 6.45) is 0.363. The van der Waals surface area contributed by atoms with Gasteiger partial charge in [-0.3, -0.25) is 4.79 Å². The third kappa shape index (κ3) is 3.16. The molecule has 1 rings (SSSR count). The van der Waals surface area contributed by atoms with Crippen LogP contribution in [0.15, 0.2) is 18.2 Å². The number of benzene rings is 1. The molecule has 19 heavy (non-hydrogen) atoms. The number of amides is 1. The minimum atomic E-state index is -0.632. The van der Waals surface area contributed by atoms with Crippen LogP contribution in [0.2, 0.25) is 0 Å². The summed E-state index contributed by atoms with van der Waals surface area (Å²) in [5.74, 6) is 1.05. The lowest BCUT2D eigenvalue weighted by Gasteiger charge is -2.23. The molecule has 0 saturated carbocycles. The number of nitrogens with zero attached hydrogens (tertiary/aromatic N) is 2. The number of methoxy groups -OCH3 is 2. The molecule has 102 valence electrons. The number of carbonyl (C=O) groups is 1. The Kier molecular flexibility index (Phi) is 5.19. The van der Waals surface area contributed by atoms with Crippen molar-refractivity contribution in [1.82, 2.24) is 4.90 Å². The lowest BCUT2D eigenvalue weighted by Crippen LogP contribution is -2.29. The van der Waals surface area contributed by atoms with E-state index in [9.17, 15) is 10.1 Å². The molecule has 0 aromatic heterocycles. The van der Waals surface area contributed by atoms with Gasteiger partial charge in [0.25, 0.3) is 0 Å². The van der Waals surface area contributed by atoms with E-state index in [1.54, 1.807) is 39.3 Å². The quantitative estimate of drug-likeness (QED) is 0.815. The highest BCUT2D eigenvalue weighted by molar-refractivity contribution is 5.76. The molecule has 0 fully saturated rings. The smallest absolute Gasteiger partial charge is 0.223 e. The van der Waals surface area contributed by atoms with Crippen LogP contribution >= 0.6 is 0 Å². The molecule has 0 bridgehead atoms. The third-order valence-corrected chi connectivity index (χ3v) is 2.93. The van der Waals surface area contributed by atoms with E-state index in [1.165, 1.54) is 12.0 Å². The Morgan fingerprint density at radius 2 is 2.00 bits per heavy atom. The first-order chi connectivity index (χ1) is 9.08. The van der Waals surface area contributed by atoms with Gasteiger partial charge in [0.1, 0.15) is 6.04 Å². The molecule has 5 nitrogen and oxygen atoms in total. The van der Waals surface area contributed by atoms with Gasteiger partial charge < -0.3 is 14.4 Å². The van der Waals surface area contributed by atoms with Crippen molar-refractivity contribution in [3.05, 3.63) is 23.8 Å². The van der Waals surface area contributed by atoms with Gasteiger partial charge in [-0.05, 0) is 17.7 Å². The Morgan fingerprint density at radius 1 is 1.37 bits per heavy atom. The number of carbonyl (C=O) groups excluding carboxylic acids is 1. The zero-order valence-electron chi connectivity index (χ0n) is 11.6. The van der Waals surface area contributed by atoms with E-state index in [0.717, 1.165) is 0 Å². The number of nitriles is 1. The fourth-order valence-corrected chi connectivity index (χ4v) is 1.80. The van der Waals surface area contributed by atoms with Gasteiger partial charge in [0.15, 0.2) is 11.5 Å². The van der Waals surface area contributed by atoms with Crippen LogP contribution < -0.4 is 9.47 Å². The lowest BCUT2D eigenvalue weighted by molar-refractivity contribution is -0.130. The highest BCUT2D eigenvalue weighted by Gasteiger charge is 2.21. The maximum Gasteiger partial charge on any atom is 0.223 e. The first-order valence-electron chi connectivity index (χ1n) is 5.96. The maximum absolute atomic E-state index is 11.7. The average molecular weight is 262 g/mol. The number of hydrogen-bond acceptors (Lipinski definition) is 4. The molecule has 1 atom stereocenters. The zero-order valence-corrected chi connectivity index (χ0v) is 11.6. The van der Waals surface area contributed by atoms with Crippen LogP contribution in [0.5, 0.6) is 11.5 Å². The second-order valence-electron chi connectivity index (χ2n) is 4.00. The Bertz CT molecular complexity index is 494. The van der Waals surface area contributed by atoms with Gasteiger partial charge in [0, 0.05) is 13.5 Å². The van der Waals surface area contributed by atoms with Crippen molar-refractivity contribution in [3.63, 3.8) is 0 Å². The first kappa shape index (κ1) is 14.8. The van der Waals surface area contributed by atoms with Crippen LogP contribution in [0, 0.1) is 11.3 Å². The average Bonchev–Trinajstić information content (AvgIpc) is 2.46. The summed E-state index contributed by atoms with van der Waals surface area (Å²) in [6, 6.07) is 6.70. The molecule has 0 N–H and O–H groups in total. The van der Waals surface area contributed by atoms with Crippen molar-refractivity contribution in [2.45, 2.75) is 19.4 Å². The van der Waals surface area contributed by atoms with E-state index in [1.807, 2.05) is 0 Å². The third-order valence-electron chi connectivity index (χ3n) is 2.93. The maximum atomic E-state index is 11.7. The topological polar surface area (TPSA) is 62.6 Å². The van der Waals surface area contributed by atoms with Crippen LogP contribution in [0.4, 0.5) is 0 Å². The van der Waals surface area contributed by atoms with Crippen molar-refractivity contribution in [2.24, 2.45) is 0 Å². The molecule has 0 aliphatic rings. The molecule has 0 spiro atoms. The van der Waals surface area contributed by atoms with Gasteiger partial charge in [-0.15, -0.1) is 0 Å². The summed E-state index contributed by atoms with van der Waals surface area (Å²) >= 11 is 0. The molecule has 0 heterocycles. The largest absolute Gasteiger partial charge is 0.493 e. The molecule has 5 heteroatoms. The fourth-order valence-electron chi connectivity index (χ4n) is 1.80. The molecular formula is C14H18N2O3. The van der Waals surface area contributed by atoms with Gasteiger partial charge in [0.2, 0.25) is 5.91 Å². The van der Waals surface area contributed by atoms with Gasteiger partial charge in [-0.25, -0.2) is 0 Å². The summed E-state index contributed by atoms with van der Waals surface area (Å²) in [7, 11) is 4.70. The van der Waals surface area contributed by atoms with Gasteiger partial charge >= 0.3 is 0 Å². The Labute approximate surface area is 113 Å². The summed E-state index contributed by atoms with van der Waals surface area (Å²) in [5, 5.41) is 9.27. The number of ether oxygens (including phenoxy) is 2. The molecule has 0 radical (unpaired) electrons. The molecule has 0 aliphatic heterocycles. The van der Waals surface area contributed by atoms with E-state index in [-0.39, 0.29) is 5.91 Å². The second-order valence-corrected chi connectivity index (χ2v) is 4.00. The summed E-state index contributed by atoms with van der Waals surface area (Å²) in [6.45, 7) is 1.77. The van der Waals surface area contributed by atoms with Gasteiger partial charge in [-0.1, -0.05) is 13.0 Å².